The fraction of sp³-hybridized carbons (Fsp3) is 0.235. The maximum atomic E-state index is 5.87. The zero-order valence-electron chi connectivity index (χ0n) is 11.8. The third-order valence-corrected chi connectivity index (χ3v) is 3.30. The topological polar surface area (TPSA) is 27.1 Å². The van der Waals surface area contributed by atoms with Gasteiger partial charge in [-0.2, -0.15) is 0 Å². The fourth-order valence-corrected chi connectivity index (χ4v) is 2.33. The van der Waals surface area contributed by atoms with Crippen LogP contribution < -0.4 is 4.74 Å². The zero-order valence-corrected chi connectivity index (χ0v) is 11.8. The summed E-state index contributed by atoms with van der Waals surface area (Å²) in [5.74, 6) is 2.30. The van der Waals surface area contributed by atoms with E-state index in [1.807, 2.05) is 48.5 Å². The highest BCUT2D eigenvalue weighted by Gasteiger charge is 2.13. The molecule has 1 aromatic heterocycles. The molecule has 0 unspecified atom stereocenters. The van der Waals surface area contributed by atoms with Crippen molar-refractivity contribution >= 4 is 11.0 Å². The number of fused-ring (bicyclic) bond motifs is 1. The number of aromatic nitrogens is 2. The molecule has 0 saturated heterocycles. The average Bonchev–Trinajstić information content (AvgIpc) is 2.85. The predicted octanol–water partition coefficient (Wildman–Crippen LogP) is 4.20. The Bertz CT molecular complexity index is 701. The number of para-hydroxylation sites is 3. The maximum absolute atomic E-state index is 5.87. The van der Waals surface area contributed by atoms with Crippen LogP contribution in [0.1, 0.15) is 25.6 Å². The first-order chi connectivity index (χ1) is 9.75. The standard InChI is InChI=1S/C17H18N2O/c1-13(2)17-18-15-10-6-7-11-16(15)19(17)12-20-14-8-4-3-5-9-14/h3-11,13H,12H2,1-2H3. The molecule has 0 bridgehead atoms. The van der Waals surface area contributed by atoms with Gasteiger partial charge >= 0.3 is 0 Å². The minimum absolute atomic E-state index is 0.363. The van der Waals surface area contributed by atoms with E-state index in [0.29, 0.717) is 12.6 Å². The van der Waals surface area contributed by atoms with E-state index in [9.17, 15) is 0 Å². The van der Waals surface area contributed by atoms with Crippen LogP contribution in [-0.2, 0) is 6.73 Å². The zero-order chi connectivity index (χ0) is 13.9. The van der Waals surface area contributed by atoms with Gasteiger partial charge in [-0.15, -0.1) is 0 Å². The molecular formula is C17H18N2O. The molecule has 0 fully saturated rings. The van der Waals surface area contributed by atoms with E-state index in [1.165, 1.54) is 0 Å². The molecule has 0 aliphatic carbocycles. The summed E-state index contributed by atoms with van der Waals surface area (Å²) >= 11 is 0. The molecule has 102 valence electrons. The molecule has 0 amide bonds. The Labute approximate surface area is 118 Å². The summed E-state index contributed by atoms with van der Waals surface area (Å²) < 4.78 is 8.02. The summed E-state index contributed by atoms with van der Waals surface area (Å²) in [6.07, 6.45) is 0. The second-order valence-corrected chi connectivity index (χ2v) is 5.13. The third kappa shape index (κ3) is 2.39. The lowest BCUT2D eigenvalue weighted by atomic mass is 10.2. The Hall–Kier alpha value is -2.29. The van der Waals surface area contributed by atoms with Gasteiger partial charge in [-0.25, -0.2) is 4.98 Å². The lowest BCUT2D eigenvalue weighted by molar-refractivity contribution is 0.235. The van der Waals surface area contributed by atoms with Crippen LogP contribution >= 0.6 is 0 Å². The Morgan fingerprint density at radius 1 is 1.00 bits per heavy atom. The first-order valence-corrected chi connectivity index (χ1v) is 6.88. The second kappa shape index (κ2) is 5.37. The van der Waals surface area contributed by atoms with Gasteiger partial charge in [0.1, 0.15) is 11.6 Å². The van der Waals surface area contributed by atoms with Gasteiger partial charge in [-0.3, -0.25) is 4.57 Å². The highest BCUT2D eigenvalue weighted by molar-refractivity contribution is 5.76. The molecule has 2 aromatic carbocycles. The first-order valence-electron chi connectivity index (χ1n) is 6.88. The van der Waals surface area contributed by atoms with Crippen molar-refractivity contribution in [2.24, 2.45) is 0 Å². The Morgan fingerprint density at radius 2 is 1.70 bits per heavy atom. The van der Waals surface area contributed by atoms with Crippen molar-refractivity contribution < 1.29 is 4.74 Å². The number of benzene rings is 2. The largest absolute Gasteiger partial charge is 0.473 e. The van der Waals surface area contributed by atoms with Gasteiger partial charge in [-0.05, 0) is 24.3 Å². The van der Waals surface area contributed by atoms with Crippen LogP contribution in [0.25, 0.3) is 11.0 Å². The Balaban J connectivity index is 1.95. The third-order valence-electron chi connectivity index (χ3n) is 3.30. The van der Waals surface area contributed by atoms with Crippen LogP contribution in [0.4, 0.5) is 0 Å². The van der Waals surface area contributed by atoms with Gasteiger partial charge in [0.05, 0.1) is 11.0 Å². The average molecular weight is 266 g/mol. The molecule has 0 atom stereocenters. The summed E-state index contributed by atoms with van der Waals surface area (Å²) in [5.41, 5.74) is 2.14. The van der Waals surface area contributed by atoms with Crippen LogP contribution in [0.3, 0.4) is 0 Å². The van der Waals surface area contributed by atoms with E-state index in [1.54, 1.807) is 0 Å². The normalized spacial score (nSPS) is 11.2. The van der Waals surface area contributed by atoms with E-state index in [-0.39, 0.29) is 0 Å². The second-order valence-electron chi connectivity index (χ2n) is 5.13. The smallest absolute Gasteiger partial charge is 0.166 e. The van der Waals surface area contributed by atoms with Gasteiger partial charge < -0.3 is 4.74 Å². The number of hydrogen-bond donors (Lipinski definition) is 0. The monoisotopic (exact) mass is 266 g/mol. The molecule has 3 aromatic rings. The Kier molecular flexibility index (Phi) is 3.42. The molecule has 20 heavy (non-hydrogen) atoms. The number of hydrogen-bond acceptors (Lipinski definition) is 2. The summed E-state index contributed by atoms with van der Waals surface area (Å²) in [6, 6.07) is 18.1. The highest BCUT2D eigenvalue weighted by Crippen LogP contribution is 2.22. The van der Waals surface area contributed by atoms with Crippen molar-refractivity contribution in [2.45, 2.75) is 26.5 Å². The number of rotatable bonds is 4. The molecule has 0 spiro atoms. The molecule has 0 N–H and O–H groups in total. The molecular weight excluding hydrogens is 248 g/mol. The van der Waals surface area contributed by atoms with Crippen molar-refractivity contribution in [3.8, 4) is 5.75 Å². The quantitative estimate of drug-likeness (QED) is 0.707. The van der Waals surface area contributed by atoms with Crippen molar-refractivity contribution in [3.63, 3.8) is 0 Å². The molecule has 0 saturated carbocycles. The summed E-state index contributed by atoms with van der Waals surface area (Å²) in [6.45, 7) is 4.79. The molecule has 0 aliphatic rings. The SMILES string of the molecule is CC(C)c1nc2ccccc2n1COc1ccccc1. The molecule has 0 aliphatic heterocycles. The van der Waals surface area contributed by atoms with Crippen molar-refractivity contribution in [1.82, 2.24) is 9.55 Å². The lowest BCUT2D eigenvalue weighted by Gasteiger charge is -2.12. The van der Waals surface area contributed by atoms with Gasteiger partial charge in [0.2, 0.25) is 0 Å². The van der Waals surface area contributed by atoms with Crippen LogP contribution in [0.2, 0.25) is 0 Å². The molecule has 1 heterocycles. The molecule has 3 heteroatoms. The Morgan fingerprint density at radius 3 is 2.45 bits per heavy atom. The van der Waals surface area contributed by atoms with Crippen LogP contribution in [0, 0.1) is 0 Å². The van der Waals surface area contributed by atoms with E-state index >= 15 is 0 Å². The van der Waals surface area contributed by atoms with Crippen LogP contribution in [0.15, 0.2) is 54.6 Å². The lowest BCUT2D eigenvalue weighted by Crippen LogP contribution is -2.10. The molecule has 3 nitrogen and oxygen atoms in total. The van der Waals surface area contributed by atoms with Gasteiger partial charge in [0, 0.05) is 5.92 Å². The van der Waals surface area contributed by atoms with Gasteiger partial charge in [0.15, 0.2) is 6.73 Å². The number of imidazole rings is 1. The van der Waals surface area contributed by atoms with Gasteiger partial charge in [-0.1, -0.05) is 44.2 Å². The van der Waals surface area contributed by atoms with Crippen molar-refractivity contribution in [1.29, 1.82) is 0 Å². The van der Waals surface area contributed by atoms with Gasteiger partial charge in [0.25, 0.3) is 0 Å². The molecule has 3 rings (SSSR count). The minimum Gasteiger partial charge on any atom is -0.473 e. The first kappa shape index (κ1) is 12.7. The maximum Gasteiger partial charge on any atom is 0.166 e. The fourth-order valence-electron chi connectivity index (χ4n) is 2.33. The summed E-state index contributed by atoms with van der Waals surface area (Å²) in [4.78, 5) is 4.71. The summed E-state index contributed by atoms with van der Waals surface area (Å²) in [7, 11) is 0. The molecule has 0 radical (unpaired) electrons. The van der Waals surface area contributed by atoms with Crippen LogP contribution in [-0.4, -0.2) is 9.55 Å². The van der Waals surface area contributed by atoms with E-state index in [0.717, 1.165) is 22.6 Å². The van der Waals surface area contributed by atoms with Crippen molar-refractivity contribution in [3.05, 3.63) is 60.4 Å². The van der Waals surface area contributed by atoms with Crippen molar-refractivity contribution in [2.75, 3.05) is 0 Å². The number of ether oxygens (including phenoxy) is 1. The van der Waals surface area contributed by atoms with E-state index < -0.39 is 0 Å². The summed E-state index contributed by atoms with van der Waals surface area (Å²) in [5, 5.41) is 0. The van der Waals surface area contributed by atoms with Crippen LogP contribution in [0.5, 0.6) is 5.75 Å². The van der Waals surface area contributed by atoms with E-state index in [2.05, 4.69) is 24.5 Å². The highest BCUT2D eigenvalue weighted by atomic mass is 16.5. The number of nitrogens with zero attached hydrogens (tertiary/aromatic N) is 2. The predicted molar refractivity (Wildman–Crippen MR) is 80.9 cm³/mol. The van der Waals surface area contributed by atoms with E-state index in [4.69, 9.17) is 9.72 Å². The minimum atomic E-state index is 0.363.